The number of para-hydroxylation sites is 1. The monoisotopic (exact) mass is 364 g/mol. The topological polar surface area (TPSA) is 102 Å². The summed E-state index contributed by atoms with van der Waals surface area (Å²) in [6.45, 7) is 3.63. The maximum atomic E-state index is 13.2. The van der Waals surface area contributed by atoms with Gasteiger partial charge in [-0.05, 0) is 12.0 Å². The molecule has 6 heteroatoms. The minimum absolute atomic E-state index is 0.169. The molecule has 3 rings (SSSR count). The van der Waals surface area contributed by atoms with Crippen molar-refractivity contribution in [3.8, 4) is 0 Å². The Morgan fingerprint density at radius 3 is 2.30 bits per heavy atom. The molecule has 0 radical (unpaired) electrons. The Balaban J connectivity index is 2.28. The normalized spacial score (nSPS) is 20.7. The van der Waals surface area contributed by atoms with Crippen molar-refractivity contribution in [2.45, 2.75) is 25.6 Å². The minimum atomic E-state index is -2.08. The number of hydrogen-bond acceptors (Lipinski definition) is 5. The van der Waals surface area contributed by atoms with Gasteiger partial charge >= 0.3 is 0 Å². The van der Waals surface area contributed by atoms with Gasteiger partial charge in [-0.1, -0.05) is 62.4 Å². The fraction of sp³-hybridized carbons (Fsp3) is 0.286. The van der Waals surface area contributed by atoms with Crippen molar-refractivity contribution in [3.05, 3.63) is 65.7 Å². The van der Waals surface area contributed by atoms with Gasteiger partial charge in [0.05, 0.1) is 17.4 Å². The Morgan fingerprint density at radius 2 is 1.67 bits per heavy atom. The van der Waals surface area contributed by atoms with E-state index in [0.29, 0.717) is 11.4 Å². The Kier molecular flexibility index (Phi) is 4.95. The number of rotatable bonds is 4. The number of hydrogen-bond donors (Lipinski definition) is 2. The van der Waals surface area contributed by atoms with Crippen LogP contribution in [0, 0.1) is 5.92 Å². The number of nitrogens with two attached hydrogens (primary N) is 2. The first kappa shape index (κ1) is 18.9. The Bertz CT molecular complexity index is 907. The maximum Gasteiger partial charge on any atom is 0.277 e. The van der Waals surface area contributed by atoms with E-state index in [9.17, 15) is 9.59 Å². The lowest BCUT2D eigenvalue weighted by Crippen LogP contribution is -2.63. The Hall–Kier alpha value is -2.83. The second-order valence-corrected chi connectivity index (χ2v) is 7.11. The lowest BCUT2D eigenvalue weighted by Gasteiger charge is -2.29. The number of Topliss-reactive ketones (excluding diaryl/α,β-unsaturated/α-hetero) is 1. The van der Waals surface area contributed by atoms with Gasteiger partial charge in [-0.25, -0.2) is 4.99 Å². The number of anilines is 1. The third-order valence-corrected chi connectivity index (χ3v) is 4.88. The van der Waals surface area contributed by atoms with Gasteiger partial charge in [-0.15, -0.1) is 0 Å². The molecule has 2 aromatic rings. The molecular weight excluding hydrogens is 340 g/mol. The molecule has 0 saturated heterocycles. The van der Waals surface area contributed by atoms with Gasteiger partial charge in [-0.3, -0.25) is 15.3 Å². The van der Waals surface area contributed by atoms with Crippen LogP contribution in [-0.4, -0.2) is 36.2 Å². The summed E-state index contributed by atoms with van der Waals surface area (Å²) >= 11 is 0. The van der Waals surface area contributed by atoms with Gasteiger partial charge in [0.25, 0.3) is 5.91 Å². The van der Waals surface area contributed by atoms with E-state index in [1.165, 1.54) is 4.90 Å². The van der Waals surface area contributed by atoms with E-state index in [2.05, 4.69) is 4.99 Å². The first-order chi connectivity index (χ1) is 12.8. The van der Waals surface area contributed by atoms with Crippen LogP contribution in [-0.2, 0) is 9.59 Å². The molecule has 2 atom stereocenters. The fourth-order valence-electron chi connectivity index (χ4n) is 3.15. The maximum absolute atomic E-state index is 13.2. The van der Waals surface area contributed by atoms with Gasteiger partial charge in [-0.2, -0.15) is 0 Å². The molecule has 0 aliphatic carbocycles. The number of fused-ring (bicyclic) bond motifs is 1. The lowest BCUT2D eigenvalue weighted by atomic mass is 9.91. The summed E-state index contributed by atoms with van der Waals surface area (Å²) in [7, 11) is 1.60. The van der Waals surface area contributed by atoms with Crippen LogP contribution in [0.3, 0.4) is 0 Å². The second-order valence-electron chi connectivity index (χ2n) is 7.11. The first-order valence-corrected chi connectivity index (χ1v) is 8.89. The highest BCUT2D eigenvalue weighted by Crippen LogP contribution is 2.30. The number of carbonyl (C=O) groups excluding carboxylic acids is 2. The number of carbonyl (C=O) groups is 2. The standard InChI is InChI=1S/C21H24N4O2/c1-13(2)17(22)19(26)21(23)20(27)25(3)16-12-8-7-11-15(16)18(24-21)14-9-5-4-6-10-14/h4-13,17H,22-23H2,1-3H3/t17-,21?/m0/s1. The zero-order valence-electron chi connectivity index (χ0n) is 15.7. The van der Waals surface area contributed by atoms with E-state index < -0.39 is 23.4 Å². The predicted octanol–water partition coefficient (Wildman–Crippen LogP) is 1.71. The van der Waals surface area contributed by atoms with Crippen LogP contribution in [0.25, 0.3) is 0 Å². The lowest BCUT2D eigenvalue weighted by molar-refractivity contribution is -0.135. The minimum Gasteiger partial charge on any atom is -0.321 e. The summed E-state index contributed by atoms with van der Waals surface area (Å²) in [5, 5.41) is 0. The van der Waals surface area contributed by atoms with Crippen LogP contribution < -0.4 is 16.4 Å². The zero-order chi connectivity index (χ0) is 19.8. The van der Waals surface area contributed by atoms with Gasteiger partial charge in [0.15, 0.2) is 0 Å². The van der Waals surface area contributed by atoms with E-state index in [-0.39, 0.29) is 5.92 Å². The van der Waals surface area contributed by atoms with E-state index in [1.54, 1.807) is 7.05 Å². The summed E-state index contributed by atoms with van der Waals surface area (Å²) in [6.07, 6.45) is 0. The third kappa shape index (κ3) is 3.18. The average molecular weight is 364 g/mol. The molecule has 1 heterocycles. The average Bonchev–Trinajstić information content (AvgIpc) is 2.77. The van der Waals surface area contributed by atoms with Crippen LogP contribution in [0.2, 0.25) is 0 Å². The molecule has 1 amide bonds. The Morgan fingerprint density at radius 1 is 1.07 bits per heavy atom. The summed E-state index contributed by atoms with van der Waals surface area (Å²) in [6, 6.07) is 15.9. The molecule has 140 valence electrons. The quantitative estimate of drug-likeness (QED) is 0.806. The highest BCUT2D eigenvalue weighted by molar-refractivity contribution is 6.26. The molecule has 1 aliphatic rings. The van der Waals surface area contributed by atoms with Crippen molar-refractivity contribution in [2.75, 3.05) is 11.9 Å². The molecule has 0 spiro atoms. The van der Waals surface area contributed by atoms with Crippen LogP contribution in [0.1, 0.15) is 25.0 Å². The molecule has 1 aliphatic heterocycles. The fourth-order valence-corrected chi connectivity index (χ4v) is 3.15. The molecule has 0 bridgehead atoms. The SMILES string of the molecule is CC(C)[C@H](N)C(=O)C1(N)N=C(c2ccccc2)c2ccccc2N(C)C1=O. The summed E-state index contributed by atoms with van der Waals surface area (Å²) in [5.41, 5.74) is 13.0. The van der Waals surface area contributed by atoms with Crippen molar-refractivity contribution >= 4 is 23.1 Å². The zero-order valence-corrected chi connectivity index (χ0v) is 15.7. The number of nitrogens with zero attached hydrogens (tertiary/aromatic N) is 2. The summed E-state index contributed by atoms with van der Waals surface area (Å²) < 4.78 is 0. The number of benzene rings is 2. The van der Waals surface area contributed by atoms with Crippen molar-refractivity contribution in [2.24, 2.45) is 22.4 Å². The van der Waals surface area contributed by atoms with Crippen LogP contribution in [0.5, 0.6) is 0 Å². The number of likely N-dealkylation sites (N-methyl/N-ethyl adjacent to an activating group) is 1. The molecule has 6 nitrogen and oxygen atoms in total. The summed E-state index contributed by atoms with van der Waals surface area (Å²) in [5.74, 6) is -1.35. The molecule has 27 heavy (non-hydrogen) atoms. The predicted molar refractivity (Wildman–Crippen MR) is 107 cm³/mol. The number of benzodiazepines with no additional fused rings is 1. The van der Waals surface area contributed by atoms with Gasteiger partial charge in [0.1, 0.15) is 0 Å². The van der Waals surface area contributed by atoms with Crippen molar-refractivity contribution in [1.82, 2.24) is 0 Å². The first-order valence-electron chi connectivity index (χ1n) is 8.89. The van der Waals surface area contributed by atoms with E-state index in [0.717, 1.165) is 11.1 Å². The van der Waals surface area contributed by atoms with E-state index in [4.69, 9.17) is 11.5 Å². The largest absolute Gasteiger partial charge is 0.321 e. The van der Waals surface area contributed by atoms with Crippen LogP contribution >= 0.6 is 0 Å². The number of aliphatic imine (C=N–C) groups is 1. The number of amides is 1. The summed E-state index contributed by atoms with van der Waals surface area (Å²) in [4.78, 5) is 32.2. The van der Waals surface area contributed by atoms with Gasteiger partial charge < -0.3 is 10.6 Å². The van der Waals surface area contributed by atoms with Crippen molar-refractivity contribution in [3.63, 3.8) is 0 Å². The van der Waals surface area contributed by atoms with Crippen LogP contribution in [0.15, 0.2) is 59.6 Å². The molecule has 0 fully saturated rings. The molecule has 0 aromatic heterocycles. The van der Waals surface area contributed by atoms with E-state index in [1.807, 2.05) is 68.4 Å². The van der Waals surface area contributed by atoms with E-state index >= 15 is 0 Å². The second kappa shape index (κ2) is 7.06. The van der Waals surface area contributed by atoms with Crippen molar-refractivity contribution in [1.29, 1.82) is 0 Å². The molecular formula is C21H24N4O2. The highest BCUT2D eigenvalue weighted by Gasteiger charge is 2.49. The Labute approximate surface area is 158 Å². The molecule has 1 unspecified atom stereocenters. The number of ketones is 1. The van der Waals surface area contributed by atoms with Gasteiger partial charge in [0.2, 0.25) is 11.4 Å². The molecule has 2 aromatic carbocycles. The third-order valence-electron chi connectivity index (χ3n) is 4.88. The smallest absolute Gasteiger partial charge is 0.277 e. The molecule has 4 N–H and O–H groups in total. The van der Waals surface area contributed by atoms with Crippen molar-refractivity contribution < 1.29 is 9.59 Å². The molecule has 0 saturated carbocycles. The van der Waals surface area contributed by atoms with Gasteiger partial charge in [0, 0.05) is 18.2 Å². The highest BCUT2D eigenvalue weighted by atomic mass is 16.2. The van der Waals surface area contributed by atoms with Crippen LogP contribution in [0.4, 0.5) is 5.69 Å².